The minimum Gasteiger partial charge on any atom is -0.480 e. The average molecular weight is 437 g/mol. The maximum atomic E-state index is 13.0. The number of benzene rings is 2. The second kappa shape index (κ2) is 12.8. The molecule has 0 bridgehead atoms. The number of carbonyl (C=O) groups excluding carboxylic acids is 1. The summed E-state index contributed by atoms with van der Waals surface area (Å²) >= 11 is 0. The molecule has 0 aliphatic rings. The van der Waals surface area contributed by atoms with Crippen molar-refractivity contribution in [2.75, 3.05) is 13.1 Å². The maximum Gasteiger partial charge on any atom is 0.338 e. The van der Waals surface area contributed by atoms with Crippen molar-refractivity contribution in [1.82, 2.24) is 10.3 Å². The predicted molar refractivity (Wildman–Crippen MR) is 123 cm³/mol. The van der Waals surface area contributed by atoms with Crippen LogP contribution in [0.3, 0.4) is 0 Å². The molecule has 0 radical (unpaired) electrons. The highest BCUT2D eigenvalue weighted by atomic mass is 16.4. The Labute approximate surface area is 187 Å². The lowest BCUT2D eigenvalue weighted by atomic mass is 10.0. The molecule has 0 aromatic heterocycles. The summed E-state index contributed by atoms with van der Waals surface area (Å²) in [5.74, 6) is -1.01. The summed E-state index contributed by atoms with van der Waals surface area (Å²) in [5.41, 5.74) is 10.7. The molecule has 2 amide bonds. The molecule has 0 heterocycles. The number of hydrogen-bond acceptors (Lipinski definition) is 4. The highest BCUT2D eigenvalue weighted by Gasteiger charge is 2.24. The Morgan fingerprint density at radius 2 is 1.62 bits per heavy atom. The van der Waals surface area contributed by atoms with Gasteiger partial charge in [-0.25, -0.2) is 14.6 Å². The number of carboxylic acids is 1. The first kappa shape index (κ1) is 24.4. The number of rotatable bonds is 11. The second-order valence-corrected chi connectivity index (χ2v) is 7.58. The third-order valence-electron chi connectivity index (χ3n) is 4.54. The van der Waals surface area contributed by atoms with E-state index in [2.05, 4.69) is 20.4 Å². The topological polar surface area (TPSA) is 131 Å². The van der Waals surface area contributed by atoms with Crippen LogP contribution in [0.1, 0.15) is 37.8 Å². The van der Waals surface area contributed by atoms with E-state index >= 15 is 0 Å². The number of hydrogen-bond donors (Lipinski definition) is 2. The smallest absolute Gasteiger partial charge is 0.338 e. The lowest BCUT2D eigenvalue weighted by Gasteiger charge is -2.23. The molecular formula is C23H28N6O3. The molecule has 0 spiro atoms. The molecule has 2 N–H and O–H groups in total. The summed E-state index contributed by atoms with van der Waals surface area (Å²) in [4.78, 5) is 27.4. The highest BCUT2D eigenvalue weighted by molar-refractivity contribution is 6.13. The number of carboxylic acid groups (broad SMARTS) is 1. The quantitative estimate of drug-likeness (QED) is 0.133. The van der Waals surface area contributed by atoms with Crippen molar-refractivity contribution in [2.24, 2.45) is 16.1 Å². The average Bonchev–Trinajstić information content (AvgIpc) is 2.79. The standard InChI is InChI=1S/C23H28N6O3/c1-17(2)16-20(22(30)31)26-23(32)29(15-9-14-25-28-24)27-21(18-10-5-3-6-11-18)19-12-7-4-8-13-19/h3-8,10-13,17,20H,9,14-16H2,1-2H3,(H,26,32)(H,30,31)/t20-/m0/s1. The number of urea groups is 1. The molecule has 168 valence electrons. The second-order valence-electron chi connectivity index (χ2n) is 7.58. The molecule has 9 nitrogen and oxygen atoms in total. The van der Waals surface area contributed by atoms with E-state index < -0.39 is 18.0 Å². The van der Waals surface area contributed by atoms with Gasteiger partial charge in [-0.3, -0.25) is 0 Å². The molecule has 0 saturated heterocycles. The molecule has 0 aliphatic heterocycles. The molecule has 0 saturated carbocycles. The zero-order chi connectivity index (χ0) is 23.3. The van der Waals surface area contributed by atoms with Crippen molar-refractivity contribution in [2.45, 2.75) is 32.7 Å². The molecule has 2 aromatic carbocycles. The van der Waals surface area contributed by atoms with Gasteiger partial charge in [-0.1, -0.05) is 79.6 Å². The minimum atomic E-state index is -1.10. The molecule has 0 fully saturated rings. The minimum absolute atomic E-state index is 0.0857. The Morgan fingerprint density at radius 3 is 2.09 bits per heavy atom. The third kappa shape index (κ3) is 7.77. The highest BCUT2D eigenvalue weighted by Crippen LogP contribution is 2.13. The van der Waals surface area contributed by atoms with Crippen molar-refractivity contribution in [3.63, 3.8) is 0 Å². The van der Waals surface area contributed by atoms with Gasteiger partial charge in [0, 0.05) is 29.1 Å². The Balaban J connectivity index is 2.41. The Kier molecular flexibility index (Phi) is 9.74. The van der Waals surface area contributed by atoms with Crippen LogP contribution in [0, 0.1) is 5.92 Å². The number of aliphatic carboxylic acids is 1. The van der Waals surface area contributed by atoms with Crippen LogP contribution in [-0.2, 0) is 4.79 Å². The van der Waals surface area contributed by atoms with Crippen LogP contribution in [0.25, 0.3) is 10.4 Å². The Bertz CT molecular complexity index is 915. The largest absolute Gasteiger partial charge is 0.480 e. The first-order valence-corrected chi connectivity index (χ1v) is 10.4. The van der Waals surface area contributed by atoms with Crippen molar-refractivity contribution < 1.29 is 14.7 Å². The number of carbonyl (C=O) groups is 2. The summed E-state index contributed by atoms with van der Waals surface area (Å²) < 4.78 is 0. The number of nitrogens with one attached hydrogen (secondary N) is 1. The van der Waals surface area contributed by atoms with Gasteiger partial charge in [0.1, 0.15) is 6.04 Å². The fraction of sp³-hybridized carbons (Fsp3) is 0.348. The SMILES string of the molecule is CC(C)C[C@H](NC(=O)N(CCCN=[N+]=[N-])N=C(c1ccccc1)c1ccccc1)C(=O)O. The summed E-state index contributed by atoms with van der Waals surface area (Å²) in [6.07, 6.45) is 0.668. The van der Waals surface area contributed by atoms with Crippen LogP contribution < -0.4 is 5.32 Å². The van der Waals surface area contributed by atoms with Crippen molar-refractivity contribution in [1.29, 1.82) is 0 Å². The van der Waals surface area contributed by atoms with E-state index in [1.165, 1.54) is 5.01 Å². The summed E-state index contributed by atoms with van der Waals surface area (Å²) in [6.45, 7) is 4.12. The van der Waals surface area contributed by atoms with E-state index in [0.29, 0.717) is 18.6 Å². The van der Waals surface area contributed by atoms with E-state index in [9.17, 15) is 14.7 Å². The van der Waals surface area contributed by atoms with Crippen LogP contribution in [0.4, 0.5) is 4.79 Å². The molecule has 0 aliphatic carbocycles. The van der Waals surface area contributed by atoms with E-state index in [0.717, 1.165) is 11.1 Å². The Morgan fingerprint density at radius 1 is 1.06 bits per heavy atom. The van der Waals surface area contributed by atoms with Crippen molar-refractivity contribution in [3.8, 4) is 0 Å². The first-order chi connectivity index (χ1) is 15.4. The lowest BCUT2D eigenvalue weighted by molar-refractivity contribution is -0.139. The zero-order valence-electron chi connectivity index (χ0n) is 18.3. The molecule has 32 heavy (non-hydrogen) atoms. The van der Waals surface area contributed by atoms with Gasteiger partial charge in [0.25, 0.3) is 0 Å². The molecule has 2 aromatic rings. The van der Waals surface area contributed by atoms with Crippen molar-refractivity contribution in [3.05, 3.63) is 82.2 Å². The number of nitrogens with zero attached hydrogens (tertiary/aromatic N) is 5. The van der Waals surface area contributed by atoms with E-state index in [1.807, 2.05) is 74.5 Å². The van der Waals surface area contributed by atoms with Gasteiger partial charge in [0.15, 0.2) is 0 Å². The molecule has 2 rings (SSSR count). The van der Waals surface area contributed by atoms with Gasteiger partial charge >= 0.3 is 12.0 Å². The molecule has 9 heteroatoms. The van der Waals surface area contributed by atoms with Gasteiger partial charge in [-0.2, -0.15) is 5.10 Å². The van der Waals surface area contributed by atoms with Crippen LogP contribution >= 0.6 is 0 Å². The lowest BCUT2D eigenvalue weighted by Crippen LogP contribution is -2.47. The van der Waals surface area contributed by atoms with Crippen LogP contribution in [-0.4, -0.2) is 47.0 Å². The van der Waals surface area contributed by atoms with Gasteiger partial charge in [-0.15, -0.1) is 0 Å². The monoisotopic (exact) mass is 436 g/mol. The normalized spacial score (nSPS) is 11.2. The number of amides is 2. The Hall–Kier alpha value is -3.84. The molecular weight excluding hydrogens is 408 g/mol. The van der Waals surface area contributed by atoms with Gasteiger partial charge in [0.2, 0.25) is 0 Å². The third-order valence-corrected chi connectivity index (χ3v) is 4.54. The predicted octanol–water partition coefficient (Wildman–Crippen LogP) is 4.65. The number of hydrazone groups is 1. The summed E-state index contributed by atoms with van der Waals surface area (Å²) in [6, 6.07) is 17.2. The van der Waals surface area contributed by atoms with Gasteiger partial charge in [0.05, 0.1) is 5.71 Å². The fourth-order valence-electron chi connectivity index (χ4n) is 3.04. The molecule has 1 atom stereocenters. The number of azide groups is 1. The maximum absolute atomic E-state index is 13.0. The fourth-order valence-corrected chi connectivity index (χ4v) is 3.04. The van der Waals surface area contributed by atoms with Gasteiger partial charge < -0.3 is 10.4 Å². The zero-order valence-corrected chi connectivity index (χ0v) is 18.3. The van der Waals surface area contributed by atoms with Crippen molar-refractivity contribution >= 4 is 17.7 Å². The van der Waals surface area contributed by atoms with Crippen LogP contribution in [0.5, 0.6) is 0 Å². The summed E-state index contributed by atoms with van der Waals surface area (Å²) in [7, 11) is 0. The van der Waals surface area contributed by atoms with E-state index in [-0.39, 0.29) is 19.0 Å². The van der Waals surface area contributed by atoms with E-state index in [1.54, 1.807) is 0 Å². The van der Waals surface area contributed by atoms with Crippen LogP contribution in [0.2, 0.25) is 0 Å². The summed E-state index contributed by atoms with van der Waals surface area (Å²) in [5, 5.41) is 21.4. The first-order valence-electron chi connectivity index (χ1n) is 10.4. The van der Waals surface area contributed by atoms with Crippen LogP contribution in [0.15, 0.2) is 70.9 Å². The van der Waals surface area contributed by atoms with Gasteiger partial charge in [-0.05, 0) is 24.3 Å². The molecule has 0 unspecified atom stereocenters. The van der Waals surface area contributed by atoms with E-state index in [4.69, 9.17) is 5.53 Å².